The maximum Gasteiger partial charge on any atom is 0.142 e. The summed E-state index contributed by atoms with van der Waals surface area (Å²) in [6.45, 7) is 26.5. The Morgan fingerprint density at radius 3 is 0.833 bits per heavy atom. The van der Waals surface area contributed by atoms with E-state index in [0.717, 1.165) is 23.3 Å². The summed E-state index contributed by atoms with van der Waals surface area (Å²) >= 11 is 0. The summed E-state index contributed by atoms with van der Waals surface area (Å²) in [4.78, 5) is 28.9. The number of rotatable bonds is 6. The first-order valence-electron chi connectivity index (χ1n) is 16.8. The van der Waals surface area contributed by atoms with Gasteiger partial charge in [0.25, 0.3) is 0 Å². The van der Waals surface area contributed by atoms with E-state index < -0.39 is 0 Å². The lowest BCUT2D eigenvalue weighted by molar-refractivity contribution is 0.588. The fraction of sp³-hybridized carbons (Fsp3) is 0.390. The van der Waals surface area contributed by atoms with Gasteiger partial charge in [0.2, 0.25) is 0 Å². The number of hydrogen-bond donors (Lipinski definition) is 0. The standard InChI is InChI=1S/C41H51N7/c1-38(2,3)28-16-20-42-34(24-28)47(35-25-29(17-21-43-35)39(4,5)6)32-14-13-15-33(46-32)48(36-26-30(18-22-44-36)40(7,8)9)37-27-31(19-23-45-37)41(10,11)12/h13-27H,1-12H3. The molecule has 0 fully saturated rings. The molecular formula is C41H51N7. The van der Waals surface area contributed by atoms with Gasteiger partial charge in [-0.3, -0.25) is 9.80 Å². The maximum absolute atomic E-state index is 5.34. The van der Waals surface area contributed by atoms with Crippen LogP contribution in [0.25, 0.3) is 0 Å². The van der Waals surface area contributed by atoms with Gasteiger partial charge in [0.1, 0.15) is 34.9 Å². The summed E-state index contributed by atoms with van der Waals surface area (Å²) in [6.07, 6.45) is 7.49. The van der Waals surface area contributed by atoms with Gasteiger partial charge in [-0.15, -0.1) is 0 Å². The Kier molecular flexibility index (Phi) is 9.21. The van der Waals surface area contributed by atoms with Crippen LogP contribution in [0, 0.1) is 0 Å². The van der Waals surface area contributed by atoms with Crippen LogP contribution in [0.5, 0.6) is 0 Å². The largest absolute Gasteiger partial charge is 0.262 e. The topological polar surface area (TPSA) is 70.9 Å². The van der Waals surface area contributed by atoms with Crippen LogP contribution in [0.3, 0.4) is 0 Å². The van der Waals surface area contributed by atoms with Gasteiger partial charge < -0.3 is 0 Å². The van der Waals surface area contributed by atoms with Crippen LogP contribution in [0.1, 0.15) is 105 Å². The van der Waals surface area contributed by atoms with Crippen LogP contribution in [-0.4, -0.2) is 24.9 Å². The van der Waals surface area contributed by atoms with Gasteiger partial charge >= 0.3 is 0 Å². The second-order valence-electron chi connectivity index (χ2n) is 16.6. The second-order valence-corrected chi connectivity index (χ2v) is 16.6. The van der Waals surface area contributed by atoms with Crippen LogP contribution >= 0.6 is 0 Å². The van der Waals surface area contributed by atoms with Crippen LogP contribution in [0.15, 0.2) is 91.5 Å². The second kappa shape index (κ2) is 12.8. The molecule has 0 aliphatic heterocycles. The normalized spacial score (nSPS) is 12.6. The van der Waals surface area contributed by atoms with E-state index in [9.17, 15) is 0 Å². The predicted octanol–water partition coefficient (Wildman–Crippen LogP) is 10.8. The molecule has 0 bridgehead atoms. The summed E-state index contributed by atoms with van der Waals surface area (Å²) in [6, 6.07) is 22.9. The van der Waals surface area contributed by atoms with Crippen molar-refractivity contribution >= 4 is 34.9 Å². The van der Waals surface area contributed by atoms with Gasteiger partial charge in [0, 0.05) is 24.8 Å². The summed E-state index contributed by atoms with van der Waals surface area (Å²) < 4.78 is 0. The maximum atomic E-state index is 5.34. The Labute approximate surface area is 287 Å². The molecule has 5 aromatic rings. The third-order valence-electron chi connectivity index (χ3n) is 8.54. The molecule has 48 heavy (non-hydrogen) atoms. The average molecular weight is 642 g/mol. The fourth-order valence-electron chi connectivity index (χ4n) is 5.39. The number of anilines is 6. The van der Waals surface area contributed by atoms with Crippen molar-refractivity contribution < 1.29 is 0 Å². The number of nitrogens with zero attached hydrogens (tertiary/aromatic N) is 7. The van der Waals surface area contributed by atoms with Crippen LogP contribution in [0.2, 0.25) is 0 Å². The van der Waals surface area contributed by atoms with Crippen molar-refractivity contribution in [3.63, 3.8) is 0 Å². The molecule has 7 heteroatoms. The lowest BCUT2D eigenvalue weighted by Crippen LogP contribution is -2.21. The van der Waals surface area contributed by atoms with Gasteiger partial charge in [0.05, 0.1) is 0 Å². The van der Waals surface area contributed by atoms with E-state index in [0.29, 0.717) is 11.6 Å². The molecule has 0 unspecified atom stereocenters. The molecule has 7 nitrogen and oxygen atoms in total. The molecular weight excluding hydrogens is 591 g/mol. The van der Waals surface area contributed by atoms with Gasteiger partial charge in [-0.05, 0) is 105 Å². The molecule has 0 spiro atoms. The lowest BCUT2D eigenvalue weighted by Gasteiger charge is -2.29. The molecule has 250 valence electrons. The van der Waals surface area contributed by atoms with E-state index >= 15 is 0 Å². The van der Waals surface area contributed by atoms with E-state index in [1.165, 1.54) is 22.3 Å². The SMILES string of the molecule is CC(C)(C)c1ccnc(N(c2cc(C(C)(C)C)ccn2)c2cccc(N(c3cc(C(C)(C)C)ccn3)c3cc(C(C)(C)C)ccn3)n2)c1. The minimum atomic E-state index is -0.0659. The van der Waals surface area contributed by atoms with Gasteiger partial charge in [-0.25, -0.2) is 24.9 Å². The Bertz CT molecular complexity index is 1640. The predicted molar refractivity (Wildman–Crippen MR) is 200 cm³/mol. The van der Waals surface area contributed by atoms with Crippen molar-refractivity contribution in [3.8, 4) is 0 Å². The first-order valence-corrected chi connectivity index (χ1v) is 16.8. The monoisotopic (exact) mass is 641 g/mol. The molecule has 5 rings (SSSR count). The van der Waals surface area contributed by atoms with E-state index in [1.807, 2.05) is 52.8 Å². The van der Waals surface area contributed by atoms with Crippen LogP contribution in [-0.2, 0) is 21.7 Å². The number of pyridine rings is 5. The van der Waals surface area contributed by atoms with E-state index in [4.69, 9.17) is 24.9 Å². The summed E-state index contributed by atoms with van der Waals surface area (Å²) in [5, 5.41) is 0. The van der Waals surface area contributed by atoms with E-state index in [-0.39, 0.29) is 21.7 Å². The summed E-state index contributed by atoms with van der Waals surface area (Å²) in [5.41, 5.74) is 4.44. The smallest absolute Gasteiger partial charge is 0.142 e. The molecule has 0 aliphatic carbocycles. The first-order chi connectivity index (χ1) is 22.3. The molecule has 0 aromatic carbocycles. The fourth-order valence-corrected chi connectivity index (χ4v) is 5.39. The van der Waals surface area contributed by atoms with Gasteiger partial charge in [0.15, 0.2) is 0 Å². The highest BCUT2D eigenvalue weighted by molar-refractivity contribution is 5.75. The van der Waals surface area contributed by atoms with Gasteiger partial charge in [-0.1, -0.05) is 89.2 Å². The molecule has 5 heterocycles. The molecule has 0 N–H and O–H groups in total. The quantitative estimate of drug-likeness (QED) is 0.183. The van der Waals surface area contributed by atoms with Crippen molar-refractivity contribution in [2.45, 2.75) is 105 Å². The Hall–Kier alpha value is -4.65. The molecule has 0 amide bonds. The summed E-state index contributed by atoms with van der Waals surface area (Å²) in [5.74, 6) is 4.37. The molecule has 0 saturated carbocycles. The Morgan fingerprint density at radius 1 is 0.354 bits per heavy atom. The van der Waals surface area contributed by atoms with Crippen LogP contribution in [0.4, 0.5) is 34.9 Å². The van der Waals surface area contributed by atoms with Crippen molar-refractivity contribution in [1.29, 1.82) is 0 Å². The highest BCUT2D eigenvalue weighted by atomic mass is 15.3. The van der Waals surface area contributed by atoms with Crippen molar-refractivity contribution in [3.05, 3.63) is 114 Å². The van der Waals surface area contributed by atoms with E-state index in [2.05, 4.69) is 132 Å². The van der Waals surface area contributed by atoms with Crippen molar-refractivity contribution in [1.82, 2.24) is 24.9 Å². The number of aromatic nitrogens is 5. The Morgan fingerprint density at radius 2 is 0.604 bits per heavy atom. The molecule has 0 atom stereocenters. The zero-order chi connectivity index (χ0) is 35.1. The first kappa shape index (κ1) is 34.7. The zero-order valence-corrected chi connectivity index (χ0v) is 30.8. The van der Waals surface area contributed by atoms with Crippen molar-refractivity contribution in [2.24, 2.45) is 0 Å². The number of hydrogen-bond acceptors (Lipinski definition) is 7. The zero-order valence-electron chi connectivity index (χ0n) is 30.8. The minimum Gasteiger partial charge on any atom is -0.262 e. The molecule has 0 radical (unpaired) electrons. The highest BCUT2D eigenvalue weighted by Gasteiger charge is 2.26. The molecule has 0 aliphatic rings. The van der Waals surface area contributed by atoms with Crippen LogP contribution < -0.4 is 9.80 Å². The third kappa shape index (κ3) is 7.73. The van der Waals surface area contributed by atoms with Crippen molar-refractivity contribution in [2.75, 3.05) is 9.80 Å². The highest BCUT2D eigenvalue weighted by Crippen LogP contribution is 2.39. The lowest BCUT2D eigenvalue weighted by atomic mass is 9.87. The Balaban J connectivity index is 1.75. The van der Waals surface area contributed by atoms with Gasteiger partial charge in [-0.2, -0.15) is 0 Å². The summed E-state index contributed by atoms with van der Waals surface area (Å²) in [7, 11) is 0. The molecule has 0 saturated heterocycles. The van der Waals surface area contributed by atoms with E-state index in [1.54, 1.807) is 0 Å². The average Bonchev–Trinajstić information content (AvgIpc) is 3.01. The third-order valence-corrected chi connectivity index (χ3v) is 8.54. The minimum absolute atomic E-state index is 0.0659. The molecule has 5 aromatic heterocycles.